The third-order valence-electron chi connectivity index (χ3n) is 6.44. The van der Waals surface area contributed by atoms with Gasteiger partial charge in [-0.05, 0) is 52.9 Å². The van der Waals surface area contributed by atoms with Crippen LogP contribution in [0.25, 0.3) is 0 Å². The lowest BCUT2D eigenvalue weighted by molar-refractivity contribution is -0.121. The van der Waals surface area contributed by atoms with E-state index in [1.807, 2.05) is 19.1 Å². The quantitative estimate of drug-likeness (QED) is 0.605. The van der Waals surface area contributed by atoms with Gasteiger partial charge in [0.15, 0.2) is 5.78 Å². The predicted molar refractivity (Wildman–Crippen MR) is 114 cm³/mol. The second kappa shape index (κ2) is 7.00. The molecule has 0 heterocycles. The van der Waals surface area contributed by atoms with Crippen molar-refractivity contribution in [1.29, 1.82) is 0 Å². The first-order valence-electron chi connectivity index (χ1n) is 10.3. The Morgan fingerprint density at radius 3 is 1.93 bits per heavy atom. The molecule has 144 valence electrons. The lowest BCUT2D eigenvalue weighted by Crippen LogP contribution is -2.38. The Hall–Kier alpha value is -3.20. The molecule has 0 radical (unpaired) electrons. The molecule has 3 heteroatoms. The molecule has 1 atom stereocenters. The second-order valence-electron chi connectivity index (χ2n) is 7.97. The monoisotopic (exact) mass is 381 g/mol. The van der Waals surface area contributed by atoms with Crippen molar-refractivity contribution in [3.05, 3.63) is 101 Å². The zero-order valence-corrected chi connectivity index (χ0v) is 16.4. The van der Waals surface area contributed by atoms with Gasteiger partial charge in [-0.25, -0.2) is 0 Å². The summed E-state index contributed by atoms with van der Waals surface area (Å²) in [7, 11) is 0. The first-order chi connectivity index (χ1) is 14.2. The van der Waals surface area contributed by atoms with E-state index in [1.165, 1.54) is 22.3 Å². The first-order valence-corrected chi connectivity index (χ1v) is 10.3. The first kappa shape index (κ1) is 17.9. The Bertz CT molecular complexity index is 1050. The molecule has 1 N–H and O–H groups in total. The van der Waals surface area contributed by atoms with E-state index in [-0.39, 0.29) is 29.4 Å². The fourth-order valence-corrected chi connectivity index (χ4v) is 5.07. The molecule has 2 bridgehead atoms. The van der Waals surface area contributed by atoms with Crippen LogP contribution < -0.4 is 5.32 Å². The predicted octanol–water partition coefficient (Wildman–Crippen LogP) is 5.52. The van der Waals surface area contributed by atoms with E-state index in [0.29, 0.717) is 12.0 Å². The van der Waals surface area contributed by atoms with Crippen LogP contribution in [-0.2, 0) is 4.79 Å². The molecular formula is C26H23NO2. The highest BCUT2D eigenvalue weighted by molar-refractivity contribution is 5.98. The summed E-state index contributed by atoms with van der Waals surface area (Å²) in [5.74, 6) is 0.432. The number of carbonyl (C=O) groups is 2. The fourth-order valence-electron chi connectivity index (χ4n) is 5.07. The molecule has 0 spiro atoms. The van der Waals surface area contributed by atoms with E-state index in [2.05, 4.69) is 53.8 Å². The Labute approximate surface area is 170 Å². The maximum absolute atomic E-state index is 13.3. The molecule has 1 unspecified atom stereocenters. The molecule has 3 aliphatic carbocycles. The third-order valence-corrected chi connectivity index (χ3v) is 6.44. The molecule has 3 aromatic rings. The van der Waals surface area contributed by atoms with E-state index < -0.39 is 0 Å². The van der Waals surface area contributed by atoms with Crippen molar-refractivity contribution >= 4 is 17.4 Å². The molecule has 0 fully saturated rings. The van der Waals surface area contributed by atoms with Gasteiger partial charge in [0, 0.05) is 29.5 Å². The summed E-state index contributed by atoms with van der Waals surface area (Å²) in [6.07, 6.45) is 1.31. The van der Waals surface area contributed by atoms with Crippen LogP contribution in [0.5, 0.6) is 0 Å². The largest absolute Gasteiger partial charge is 0.326 e. The molecule has 1 amide bonds. The number of nitrogens with one attached hydrogen (secondary N) is 1. The summed E-state index contributed by atoms with van der Waals surface area (Å²) in [5, 5.41) is 3.09. The van der Waals surface area contributed by atoms with Crippen LogP contribution in [0.4, 0.5) is 5.69 Å². The van der Waals surface area contributed by atoms with Gasteiger partial charge in [-0.2, -0.15) is 0 Å². The van der Waals surface area contributed by atoms with Crippen LogP contribution >= 0.6 is 0 Å². The summed E-state index contributed by atoms with van der Waals surface area (Å²) >= 11 is 0. The van der Waals surface area contributed by atoms with Crippen molar-refractivity contribution < 1.29 is 9.59 Å². The average Bonchev–Trinajstić information content (AvgIpc) is 2.79. The van der Waals surface area contributed by atoms with Gasteiger partial charge in [0.25, 0.3) is 0 Å². The molecule has 6 rings (SSSR count). The van der Waals surface area contributed by atoms with Crippen LogP contribution in [0.15, 0.2) is 72.8 Å². The summed E-state index contributed by atoms with van der Waals surface area (Å²) in [6, 6.07) is 24.3. The molecule has 0 saturated carbocycles. The minimum Gasteiger partial charge on any atom is -0.326 e. The van der Waals surface area contributed by atoms with Gasteiger partial charge in [-0.15, -0.1) is 0 Å². The zero-order chi connectivity index (χ0) is 20.0. The normalized spacial score (nSPS) is 21.2. The molecule has 0 aliphatic heterocycles. The molecule has 0 aromatic heterocycles. The van der Waals surface area contributed by atoms with Gasteiger partial charge < -0.3 is 5.32 Å². The van der Waals surface area contributed by atoms with Crippen molar-refractivity contribution in [2.24, 2.45) is 5.92 Å². The number of rotatable bonds is 4. The van der Waals surface area contributed by atoms with E-state index in [9.17, 15) is 9.59 Å². The van der Waals surface area contributed by atoms with Gasteiger partial charge in [0.2, 0.25) is 5.91 Å². The number of benzene rings is 3. The molecule has 0 saturated heterocycles. The lowest BCUT2D eigenvalue weighted by atomic mass is 9.59. The molecule has 3 aromatic carbocycles. The van der Waals surface area contributed by atoms with E-state index >= 15 is 0 Å². The van der Waals surface area contributed by atoms with Crippen molar-refractivity contribution in [3.63, 3.8) is 0 Å². The van der Waals surface area contributed by atoms with Crippen molar-refractivity contribution in [1.82, 2.24) is 0 Å². The summed E-state index contributed by atoms with van der Waals surface area (Å²) in [4.78, 5) is 25.1. The number of amides is 1. The summed E-state index contributed by atoms with van der Waals surface area (Å²) in [5.41, 5.74) is 6.72. The smallest absolute Gasteiger partial charge is 0.228 e. The Balaban J connectivity index is 1.45. The number of fused-ring (bicyclic) bond motifs is 1. The number of hydrogen-bond donors (Lipinski definition) is 1. The summed E-state index contributed by atoms with van der Waals surface area (Å²) in [6.45, 7) is 1.85. The van der Waals surface area contributed by atoms with E-state index in [4.69, 9.17) is 0 Å². The van der Waals surface area contributed by atoms with Crippen LogP contribution in [0, 0.1) is 5.92 Å². The van der Waals surface area contributed by atoms with Gasteiger partial charge in [0.05, 0.1) is 5.92 Å². The Morgan fingerprint density at radius 2 is 1.38 bits per heavy atom. The second-order valence-corrected chi connectivity index (χ2v) is 7.97. The van der Waals surface area contributed by atoms with Crippen LogP contribution in [0.1, 0.15) is 64.2 Å². The van der Waals surface area contributed by atoms with Crippen molar-refractivity contribution in [3.8, 4) is 0 Å². The molecular weight excluding hydrogens is 358 g/mol. The Morgan fingerprint density at radius 1 is 0.828 bits per heavy atom. The lowest BCUT2D eigenvalue weighted by Gasteiger charge is -2.44. The van der Waals surface area contributed by atoms with Gasteiger partial charge in [-0.1, -0.05) is 55.5 Å². The third kappa shape index (κ3) is 2.89. The topological polar surface area (TPSA) is 46.2 Å². The highest BCUT2D eigenvalue weighted by Gasteiger charge is 2.45. The van der Waals surface area contributed by atoms with Gasteiger partial charge in [-0.3, -0.25) is 9.59 Å². The minimum atomic E-state index is -0.0956. The van der Waals surface area contributed by atoms with Crippen molar-refractivity contribution in [2.75, 3.05) is 5.32 Å². The molecule has 29 heavy (non-hydrogen) atoms. The number of ketones is 1. The zero-order valence-electron chi connectivity index (χ0n) is 16.4. The number of hydrogen-bond acceptors (Lipinski definition) is 2. The Kier molecular flexibility index (Phi) is 4.31. The maximum Gasteiger partial charge on any atom is 0.228 e. The highest BCUT2D eigenvalue weighted by Crippen LogP contribution is 2.55. The SMILES string of the molecule is CCC(=O)c1ccc(NC(=O)C2CC3c4ccccc4C2c2ccccc23)cc1. The highest BCUT2D eigenvalue weighted by atomic mass is 16.2. The fraction of sp³-hybridized carbons (Fsp3) is 0.231. The molecule has 3 nitrogen and oxygen atoms in total. The number of carbonyl (C=O) groups excluding carboxylic acids is 2. The standard InChI is InChI=1S/C26H23NO2/c1-2-24(28)16-11-13-17(14-12-16)27-26(29)23-15-22-18-7-3-5-9-20(18)25(23)21-10-6-4-8-19(21)22/h3-14,22-23,25H,2,15H2,1H3,(H,27,29). The summed E-state index contributed by atoms with van der Waals surface area (Å²) < 4.78 is 0. The van der Waals surface area contributed by atoms with Crippen molar-refractivity contribution in [2.45, 2.75) is 31.6 Å². The van der Waals surface area contributed by atoms with Crippen LogP contribution in [0.2, 0.25) is 0 Å². The maximum atomic E-state index is 13.3. The van der Waals surface area contributed by atoms with Crippen LogP contribution in [0.3, 0.4) is 0 Å². The molecule has 3 aliphatic rings. The van der Waals surface area contributed by atoms with Crippen LogP contribution in [-0.4, -0.2) is 11.7 Å². The minimum absolute atomic E-state index is 0.0542. The number of Topliss-reactive ketones (excluding diaryl/α,β-unsaturated/α-hetero) is 1. The van der Waals surface area contributed by atoms with Gasteiger partial charge >= 0.3 is 0 Å². The van der Waals surface area contributed by atoms with Gasteiger partial charge in [0.1, 0.15) is 0 Å². The average molecular weight is 381 g/mol. The van der Waals surface area contributed by atoms with E-state index in [1.54, 1.807) is 12.1 Å². The van der Waals surface area contributed by atoms with E-state index in [0.717, 1.165) is 12.1 Å². The number of anilines is 1.